The van der Waals surface area contributed by atoms with E-state index in [0.717, 1.165) is 9.13 Å². The predicted molar refractivity (Wildman–Crippen MR) is 68.4 cm³/mol. The highest BCUT2D eigenvalue weighted by molar-refractivity contribution is 7.17. The molecule has 0 atom stereocenters. The summed E-state index contributed by atoms with van der Waals surface area (Å²) in [6.07, 6.45) is 0. The molecular weight excluding hydrogens is 256 g/mol. The number of aromatic nitrogens is 2. The molecule has 1 N–H and O–H groups in total. The Bertz CT molecular complexity index is 723. The Hall–Kier alpha value is -1.89. The number of carboxylic acid groups (broad SMARTS) is 1. The van der Waals surface area contributed by atoms with Crippen molar-refractivity contribution in [2.24, 2.45) is 0 Å². The molecule has 0 saturated carbocycles. The van der Waals surface area contributed by atoms with Crippen LogP contribution >= 0.6 is 11.3 Å². The predicted octanol–water partition coefficient (Wildman–Crippen LogP) is 0.890. The second kappa shape index (κ2) is 4.41. The van der Waals surface area contributed by atoms with Gasteiger partial charge in [0.05, 0.1) is 5.52 Å². The topological polar surface area (TPSA) is 81.3 Å². The van der Waals surface area contributed by atoms with Gasteiger partial charge in [-0.05, 0) is 25.3 Å². The number of nitrogens with zero attached hydrogens (tertiary/aromatic N) is 2. The van der Waals surface area contributed by atoms with Crippen LogP contribution in [0.15, 0.2) is 21.0 Å². The van der Waals surface area contributed by atoms with Gasteiger partial charge >= 0.3 is 11.7 Å². The third kappa shape index (κ3) is 1.86. The van der Waals surface area contributed by atoms with Crippen molar-refractivity contribution in [2.45, 2.75) is 26.4 Å². The number of aliphatic carboxylic acids is 1. The lowest BCUT2D eigenvalue weighted by Crippen LogP contribution is -2.41. The van der Waals surface area contributed by atoms with Gasteiger partial charge in [0.25, 0.3) is 5.56 Å². The molecule has 2 heterocycles. The standard InChI is InChI=1S/C11H12N2O4S/c1-6(2)13-10(16)9-7(3-4-18-9)12(11(13)17)5-8(14)15/h3-4,6H,5H2,1-2H3,(H,14,15). The van der Waals surface area contributed by atoms with Crippen LogP contribution in [0, 0.1) is 0 Å². The van der Waals surface area contributed by atoms with E-state index in [1.165, 1.54) is 11.3 Å². The van der Waals surface area contributed by atoms with Crippen molar-refractivity contribution in [3.8, 4) is 0 Å². The number of carboxylic acids is 1. The van der Waals surface area contributed by atoms with E-state index in [9.17, 15) is 14.4 Å². The molecule has 0 aliphatic heterocycles. The Kier molecular flexibility index (Phi) is 3.08. The lowest BCUT2D eigenvalue weighted by atomic mass is 10.3. The minimum Gasteiger partial charge on any atom is -0.480 e. The first-order valence-electron chi connectivity index (χ1n) is 5.37. The molecule has 2 aromatic rings. The van der Waals surface area contributed by atoms with Crippen LogP contribution in [0.5, 0.6) is 0 Å². The van der Waals surface area contributed by atoms with Crippen molar-refractivity contribution < 1.29 is 9.90 Å². The third-order valence-corrected chi connectivity index (χ3v) is 3.49. The minimum atomic E-state index is -1.11. The van der Waals surface area contributed by atoms with Crippen molar-refractivity contribution in [3.63, 3.8) is 0 Å². The van der Waals surface area contributed by atoms with Gasteiger partial charge in [0.15, 0.2) is 0 Å². The number of thiophene rings is 1. The summed E-state index contributed by atoms with van der Waals surface area (Å²) in [5.74, 6) is -1.11. The first-order valence-corrected chi connectivity index (χ1v) is 6.25. The van der Waals surface area contributed by atoms with E-state index in [2.05, 4.69) is 0 Å². The lowest BCUT2D eigenvalue weighted by Gasteiger charge is -2.12. The summed E-state index contributed by atoms with van der Waals surface area (Å²) in [7, 11) is 0. The van der Waals surface area contributed by atoms with Crippen molar-refractivity contribution in [2.75, 3.05) is 0 Å². The van der Waals surface area contributed by atoms with Gasteiger partial charge in [-0.25, -0.2) is 4.79 Å². The molecule has 0 fully saturated rings. The highest BCUT2D eigenvalue weighted by Gasteiger charge is 2.17. The van der Waals surface area contributed by atoms with Crippen LogP contribution < -0.4 is 11.2 Å². The number of hydrogen-bond donors (Lipinski definition) is 1. The molecule has 0 bridgehead atoms. The third-order valence-electron chi connectivity index (χ3n) is 2.60. The number of carbonyl (C=O) groups is 1. The molecule has 0 radical (unpaired) electrons. The van der Waals surface area contributed by atoms with E-state index in [1.807, 2.05) is 0 Å². The van der Waals surface area contributed by atoms with Crippen molar-refractivity contribution in [1.82, 2.24) is 9.13 Å². The van der Waals surface area contributed by atoms with Gasteiger partial charge in [0.1, 0.15) is 11.2 Å². The normalized spacial score (nSPS) is 11.3. The average molecular weight is 268 g/mol. The van der Waals surface area contributed by atoms with Crippen molar-refractivity contribution in [1.29, 1.82) is 0 Å². The van der Waals surface area contributed by atoms with Crippen LogP contribution in [0.2, 0.25) is 0 Å². The van der Waals surface area contributed by atoms with Crippen LogP contribution in [0.1, 0.15) is 19.9 Å². The Morgan fingerprint density at radius 2 is 2.11 bits per heavy atom. The summed E-state index contributed by atoms with van der Waals surface area (Å²) in [5, 5.41) is 10.5. The van der Waals surface area contributed by atoms with Crippen LogP contribution in [0.3, 0.4) is 0 Å². The molecule has 96 valence electrons. The summed E-state index contributed by atoms with van der Waals surface area (Å²) in [4.78, 5) is 35.1. The Morgan fingerprint density at radius 3 is 2.67 bits per heavy atom. The van der Waals surface area contributed by atoms with Gasteiger partial charge in [0.2, 0.25) is 0 Å². The first kappa shape index (κ1) is 12.6. The second-order valence-corrected chi connectivity index (χ2v) is 5.08. The van der Waals surface area contributed by atoms with Gasteiger partial charge in [-0.2, -0.15) is 0 Å². The van der Waals surface area contributed by atoms with Crippen LogP contribution in [0.25, 0.3) is 10.2 Å². The summed E-state index contributed by atoms with van der Waals surface area (Å²) in [6.45, 7) is 2.99. The highest BCUT2D eigenvalue weighted by atomic mass is 32.1. The molecule has 7 heteroatoms. The fourth-order valence-electron chi connectivity index (χ4n) is 1.85. The highest BCUT2D eigenvalue weighted by Crippen LogP contribution is 2.15. The quantitative estimate of drug-likeness (QED) is 0.896. The molecule has 0 unspecified atom stereocenters. The largest absolute Gasteiger partial charge is 0.480 e. The van der Waals surface area contributed by atoms with Crippen LogP contribution in [0.4, 0.5) is 0 Å². The van der Waals surface area contributed by atoms with Gasteiger partial charge < -0.3 is 5.11 Å². The van der Waals surface area contributed by atoms with Crippen molar-refractivity contribution in [3.05, 3.63) is 32.3 Å². The maximum atomic E-state index is 12.1. The SMILES string of the molecule is CC(C)n1c(=O)c2sccc2n(CC(=O)O)c1=O. The first-order chi connectivity index (χ1) is 8.43. The number of rotatable bonds is 3. The molecule has 2 aromatic heterocycles. The van der Waals surface area contributed by atoms with E-state index in [0.29, 0.717) is 10.2 Å². The van der Waals surface area contributed by atoms with E-state index < -0.39 is 18.2 Å². The molecular formula is C11H12N2O4S. The van der Waals surface area contributed by atoms with Gasteiger partial charge in [-0.15, -0.1) is 11.3 Å². The zero-order chi connectivity index (χ0) is 13.4. The molecule has 2 rings (SSSR count). The van der Waals surface area contributed by atoms with E-state index in [4.69, 9.17) is 5.11 Å². The van der Waals surface area contributed by atoms with E-state index in [-0.39, 0.29) is 11.6 Å². The molecule has 0 aliphatic rings. The van der Waals surface area contributed by atoms with Crippen molar-refractivity contribution >= 4 is 27.5 Å². The smallest absolute Gasteiger partial charge is 0.332 e. The van der Waals surface area contributed by atoms with Gasteiger partial charge in [-0.1, -0.05) is 0 Å². The Labute approximate surface area is 106 Å². The Balaban J connectivity index is 2.91. The molecule has 18 heavy (non-hydrogen) atoms. The minimum absolute atomic E-state index is 0.309. The van der Waals surface area contributed by atoms with Crippen LogP contribution in [-0.4, -0.2) is 20.2 Å². The van der Waals surface area contributed by atoms with Gasteiger partial charge in [0, 0.05) is 6.04 Å². The lowest BCUT2D eigenvalue weighted by molar-refractivity contribution is -0.137. The zero-order valence-electron chi connectivity index (χ0n) is 9.91. The summed E-state index contributed by atoms with van der Waals surface area (Å²) >= 11 is 1.21. The Morgan fingerprint density at radius 1 is 1.44 bits per heavy atom. The second-order valence-electron chi connectivity index (χ2n) is 4.17. The molecule has 0 aliphatic carbocycles. The fraction of sp³-hybridized carbons (Fsp3) is 0.364. The van der Waals surface area contributed by atoms with E-state index >= 15 is 0 Å². The van der Waals surface area contributed by atoms with E-state index in [1.54, 1.807) is 25.3 Å². The summed E-state index contributed by atoms with van der Waals surface area (Å²) in [5.41, 5.74) is -0.556. The van der Waals surface area contributed by atoms with Crippen LogP contribution in [-0.2, 0) is 11.3 Å². The maximum Gasteiger partial charge on any atom is 0.332 e. The molecule has 0 aromatic carbocycles. The van der Waals surface area contributed by atoms with Gasteiger partial charge in [-0.3, -0.25) is 18.7 Å². The maximum absolute atomic E-state index is 12.1. The summed E-state index contributed by atoms with van der Waals surface area (Å²) in [6, 6.07) is 1.28. The average Bonchev–Trinajstić information content (AvgIpc) is 2.72. The summed E-state index contributed by atoms with van der Waals surface area (Å²) < 4.78 is 2.61. The molecule has 6 nitrogen and oxygen atoms in total. The molecule has 0 amide bonds. The monoisotopic (exact) mass is 268 g/mol. The molecule has 0 saturated heterocycles. The number of hydrogen-bond acceptors (Lipinski definition) is 4. The molecule has 0 spiro atoms. The zero-order valence-corrected chi connectivity index (χ0v) is 10.7. The fourth-order valence-corrected chi connectivity index (χ4v) is 2.68. The number of fused-ring (bicyclic) bond motifs is 1.